The van der Waals surface area contributed by atoms with Gasteiger partial charge in [0.25, 0.3) is 0 Å². The number of carbonyl (C=O) groups is 1. The summed E-state index contributed by atoms with van der Waals surface area (Å²) in [6.45, 7) is 7.09. The first-order valence-corrected chi connectivity index (χ1v) is 10.5. The van der Waals surface area contributed by atoms with Gasteiger partial charge in [-0.05, 0) is 57.1 Å². The zero-order valence-corrected chi connectivity index (χ0v) is 16.2. The van der Waals surface area contributed by atoms with Crippen LogP contribution in [0.5, 0.6) is 0 Å². The minimum absolute atomic E-state index is 0.0232. The maximum Gasteiger partial charge on any atom is 0.408 e. The van der Waals surface area contributed by atoms with Gasteiger partial charge < -0.3 is 10.1 Å². The van der Waals surface area contributed by atoms with E-state index >= 15 is 0 Å². The predicted octanol–water partition coefficient (Wildman–Crippen LogP) is 3.93. The van der Waals surface area contributed by atoms with Crippen LogP contribution in [-0.2, 0) is 10.3 Å². The van der Waals surface area contributed by atoms with E-state index in [1.165, 1.54) is 0 Å². The molecule has 0 aliphatic carbocycles. The van der Waals surface area contributed by atoms with Crippen molar-refractivity contribution in [2.75, 3.05) is 19.6 Å². The SMILES string of the molecule is CC(C)(NC(=O)O[C@@H]1CN2CCC1CC2)c1csc(-c2ccsc2)n1. The molecule has 134 valence electrons. The fraction of sp³-hybridized carbons (Fsp3) is 0.556. The van der Waals surface area contributed by atoms with Crippen molar-refractivity contribution in [2.45, 2.75) is 38.3 Å². The number of hydrogen-bond donors (Lipinski definition) is 1. The average molecular weight is 378 g/mol. The molecule has 3 saturated heterocycles. The zero-order chi connectivity index (χ0) is 17.4. The Bertz CT molecular complexity index is 733. The first kappa shape index (κ1) is 17.0. The van der Waals surface area contributed by atoms with Gasteiger partial charge in [0.2, 0.25) is 0 Å². The molecule has 7 heteroatoms. The normalized spacial score (nSPS) is 25.8. The number of alkyl carbamates (subject to hydrolysis) is 1. The lowest BCUT2D eigenvalue weighted by atomic mass is 9.86. The lowest BCUT2D eigenvalue weighted by Gasteiger charge is -2.44. The van der Waals surface area contributed by atoms with Crippen molar-refractivity contribution in [1.82, 2.24) is 15.2 Å². The highest BCUT2D eigenvalue weighted by atomic mass is 32.1. The van der Waals surface area contributed by atoms with Crippen LogP contribution in [0.3, 0.4) is 0 Å². The molecule has 2 aromatic heterocycles. The Morgan fingerprint density at radius 1 is 1.36 bits per heavy atom. The number of ether oxygens (including phenoxy) is 1. The fourth-order valence-electron chi connectivity index (χ4n) is 3.61. The average Bonchev–Trinajstić information content (AvgIpc) is 3.27. The number of amides is 1. The zero-order valence-electron chi connectivity index (χ0n) is 14.5. The Balaban J connectivity index is 1.40. The van der Waals surface area contributed by atoms with Gasteiger partial charge in [-0.1, -0.05) is 0 Å². The molecule has 3 aliphatic rings. The fourth-order valence-corrected chi connectivity index (χ4v) is 5.31. The van der Waals surface area contributed by atoms with Crippen LogP contribution >= 0.6 is 22.7 Å². The van der Waals surface area contributed by atoms with Crippen molar-refractivity contribution < 1.29 is 9.53 Å². The summed E-state index contributed by atoms with van der Waals surface area (Å²) >= 11 is 3.26. The molecular formula is C18H23N3O2S2. The summed E-state index contributed by atoms with van der Waals surface area (Å²) in [7, 11) is 0. The number of nitrogens with zero attached hydrogens (tertiary/aromatic N) is 2. The summed E-state index contributed by atoms with van der Waals surface area (Å²) in [5.41, 5.74) is 1.44. The first-order chi connectivity index (χ1) is 12.0. The summed E-state index contributed by atoms with van der Waals surface area (Å²) in [6.07, 6.45) is 1.96. The number of thiazole rings is 1. The molecule has 1 atom stereocenters. The molecule has 1 N–H and O–H groups in total. The summed E-state index contributed by atoms with van der Waals surface area (Å²) < 4.78 is 5.75. The lowest BCUT2D eigenvalue weighted by molar-refractivity contribution is -0.0350. The summed E-state index contributed by atoms with van der Waals surface area (Å²) in [5.74, 6) is 0.517. The van der Waals surface area contributed by atoms with Crippen LogP contribution in [0.25, 0.3) is 10.6 Å². The molecule has 3 aliphatic heterocycles. The van der Waals surface area contributed by atoms with Crippen molar-refractivity contribution in [3.05, 3.63) is 27.9 Å². The van der Waals surface area contributed by atoms with E-state index in [0.717, 1.165) is 48.7 Å². The van der Waals surface area contributed by atoms with Crippen LogP contribution in [0.15, 0.2) is 22.2 Å². The number of nitrogens with one attached hydrogen (secondary N) is 1. The molecule has 0 unspecified atom stereocenters. The summed E-state index contributed by atoms with van der Waals surface area (Å²) in [5, 5.41) is 10.1. The van der Waals surface area contributed by atoms with E-state index < -0.39 is 5.54 Å². The third kappa shape index (κ3) is 3.59. The maximum absolute atomic E-state index is 12.4. The Kier molecular flexibility index (Phi) is 4.56. The monoisotopic (exact) mass is 377 g/mol. The molecule has 3 fully saturated rings. The predicted molar refractivity (Wildman–Crippen MR) is 101 cm³/mol. The van der Waals surface area contributed by atoms with Gasteiger partial charge in [-0.3, -0.25) is 4.90 Å². The second-order valence-corrected chi connectivity index (χ2v) is 9.02. The quantitative estimate of drug-likeness (QED) is 0.877. The number of hydrogen-bond acceptors (Lipinski definition) is 6. The number of rotatable bonds is 4. The van der Waals surface area contributed by atoms with Crippen LogP contribution < -0.4 is 5.32 Å². The second kappa shape index (κ2) is 6.70. The van der Waals surface area contributed by atoms with Crippen molar-refractivity contribution in [3.63, 3.8) is 0 Å². The number of piperidine rings is 3. The molecule has 1 amide bonds. The highest BCUT2D eigenvalue weighted by molar-refractivity contribution is 7.14. The summed E-state index contributed by atoms with van der Waals surface area (Å²) in [6, 6.07) is 2.06. The topological polar surface area (TPSA) is 54.5 Å². The highest BCUT2D eigenvalue weighted by Gasteiger charge is 2.37. The molecule has 0 saturated carbocycles. The molecule has 2 aromatic rings. The molecular weight excluding hydrogens is 354 g/mol. The largest absolute Gasteiger partial charge is 0.445 e. The van der Waals surface area contributed by atoms with Crippen LogP contribution in [0.4, 0.5) is 4.79 Å². The lowest BCUT2D eigenvalue weighted by Crippen LogP contribution is -2.53. The molecule has 0 aromatic carbocycles. The third-order valence-electron chi connectivity index (χ3n) is 5.18. The van der Waals surface area contributed by atoms with E-state index in [4.69, 9.17) is 9.72 Å². The maximum atomic E-state index is 12.4. The van der Waals surface area contributed by atoms with Gasteiger partial charge in [0, 0.05) is 22.9 Å². The van der Waals surface area contributed by atoms with Gasteiger partial charge in [0.1, 0.15) is 11.1 Å². The number of fused-ring (bicyclic) bond motifs is 3. The van der Waals surface area contributed by atoms with E-state index in [1.807, 2.05) is 24.6 Å². The Morgan fingerprint density at radius 2 is 2.16 bits per heavy atom. The minimum Gasteiger partial charge on any atom is -0.445 e. The molecule has 5 rings (SSSR count). The molecule has 0 radical (unpaired) electrons. The van der Waals surface area contributed by atoms with E-state index in [2.05, 4.69) is 21.7 Å². The highest BCUT2D eigenvalue weighted by Crippen LogP contribution is 2.31. The smallest absolute Gasteiger partial charge is 0.408 e. The van der Waals surface area contributed by atoms with Crippen molar-refractivity contribution >= 4 is 28.8 Å². The van der Waals surface area contributed by atoms with Crippen LogP contribution in [0, 0.1) is 5.92 Å². The van der Waals surface area contributed by atoms with E-state index in [9.17, 15) is 4.79 Å². The van der Waals surface area contributed by atoms with Crippen molar-refractivity contribution in [3.8, 4) is 10.6 Å². The molecule has 5 heterocycles. The van der Waals surface area contributed by atoms with Crippen LogP contribution in [-0.4, -0.2) is 41.7 Å². The Hall–Kier alpha value is -1.44. The Morgan fingerprint density at radius 3 is 2.80 bits per heavy atom. The molecule has 0 spiro atoms. The third-order valence-corrected chi connectivity index (χ3v) is 6.76. The van der Waals surface area contributed by atoms with E-state index in [1.54, 1.807) is 22.7 Å². The van der Waals surface area contributed by atoms with Crippen molar-refractivity contribution in [1.29, 1.82) is 0 Å². The number of thiophene rings is 1. The molecule has 5 nitrogen and oxygen atoms in total. The minimum atomic E-state index is -0.560. The van der Waals surface area contributed by atoms with E-state index in [-0.39, 0.29) is 12.2 Å². The van der Waals surface area contributed by atoms with Crippen LogP contribution in [0.1, 0.15) is 32.4 Å². The molecule has 2 bridgehead atoms. The Labute approximate surface area is 156 Å². The standard InChI is InChI=1S/C18H23N3O2S2/c1-18(2,15-11-25-16(19-15)13-5-8-24-10-13)20-17(22)23-14-9-21-6-3-12(14)4-7-21/h5,8,10-12,14H,3-4,6-7,9H2,1-2H3,(H,20,22)/t14-/m1/s1. The number of aromatic nitrogens is 1. The van der Waals surface area contributed by atoms with Crippen LogP contribution in [0.2, 0.25) is 0 Å². The van der Waals surface area contributed by atoms with Gasteiger partial charge in [0.15, 0.2) is 0 Å². The first-order valence-electron chi connectivity index (χ1n) is 8.71. The van der Waals surface area contributed by atoms with Gasteiger partial charge in [0.05, 0.1) is 11.2 Å². The van der Waals surface area contributed by atoms with Gasteiger partial charge in [-0.15, -0.1) is 11.3 Å². The van der Waals surface area contributed by atoms with Gasteiger partial charge in [-0.2, -0.15) is 11.3 Å². The number of carbonyl (C=O) groups excluding carboxylic acids is 1. The van der Waals surface area contributed by atoms with Gasteiger partial charge >= 0.3 is 6.09 Å². The second-order valence-electron chi connectivity index (χ2n) is 7.38. The summed E-state index contributed by atoms with van der Waals surface area (Å²) in [4.78, 5) is 19.5. The van der Waals surface area contributed by atoms with E-state index in [0.29, 0.717) is 5.92 Å². The van der Waals surface area contributed by atoms with Crippen molar-refractivity contribution in [2.24, 2.45) is 5.92 Å². The van der Waals surface area contributed by atoms with Gasteiger partial charge in [-0.25, -0.2) is 9.78 Å². The molecule has 25 heavy (non-hydrogen) atoms.